The first-order valence-electron chi connectivity index (χ1n) is 10.5. The van der Waals surface area contributed by atoms with Crippen molar-refractivity contribution in [2.24, 2.45) is 5.10 Å². The van der Waals surface area contributed by atoms with Crippen LogP contribution in [0.4, 0.5) is 0 Å². The Bertz CT molecular complexity index is 1400. The maximum absolute atomic E-state index is 13.1. The second kappa shape index (κ2) is 8.88. The number of hydrogen-bond acceptors (Lipinski definition) is 5. The SMILES string of the molecule is O=C(C1=CC(NC(=O)c2ccccn2)C=CC1)c1ccc2c(C=Nn3cccc3)[nH]nc2c1. The summed E-state index contributed by atoms with van der Waals surface area (Å²) in [5.74, 6) is -0.383. The molecule has 33 heavy (non-hydrogen) atoms. The maximum atomic E-state index is 13.1. The van der Waals surface area contributed by atoms with Gasteiger partial charge >= 0.3 is 0 Å². The quantitative estimate of drug-likeness (QED) is 0.274. The molecule has 0 saturated carbocycles. The second-order valence-corrected chi connectivity index (χ2v) is 7.54. The number of fused-ring (bicyclic) bond motifs is 1. The maximum Gasteiger partial charge on any atom is 0.270 e. The van der Waals surface area contributed by atoms with Crippen LogP contribution in [0.1, 0.15) is 33.0 Å². The van der Waals surface area contributed by atoms with Gasteiger partial charge in [0.2, 0.25) is 0 Å². The van der Waals surface area contributed by atoms with Crippen LogP contribution in [0, 0.1) is 0 Å². The van der Waals surface area contributed by atoms with Gasteiger partial charge in [0.05, 0.1) is 23.5 Å². The average molecular weight is 436 g/mol. The van der Waals surface area contributed by atoms with Crippen LogP contribution >= 0.6 is 0 Å². The van der Waals surface area contributed by atoms with E-state index in [9.17, 15) is 9.59 Å². The lowest BCUT2D eigenvalue weighted by molar-refractivity contribution is 0.0942. The predicted molar refractivity (Wildman–Crippen MR) is 125 cm³/mol. The molecule has 1 amide bonds. The third-order valence-corrected chi connectivity index (χ3v) is 5.30. The number of ketones is 1. The number of aromatic nitrogens is 4. The highest BCUT2D eigenvalue weighted by molar-refractivity contribution is 6.11. The van der Waals surface area contributed by atoms with Crippen LogP contribution in [-0.4, -0.2) is 43.8 Å². The Morgan fingerprint density at radius 2 is 2.03 bits per heavy atom. The van der Waals surface area contributed by atoms with Crippen LogP contribution in [-0.2, 0) is 0 Å². The number of hydrogen-bond donors (Lipinski definition) is 2. The number of rotatable bonds is 6. The van der Waals surface area contributed by atoms with Crippen molar-refractivity contribution in [3.63, 3.8) is 0 Å². The molecule has 2 N–H and O–H groups in total. The fourth-order valence-corrected chi connectivity index (χ4v) is 3.65. The fraction of sp³-hybridized carbons (Fsp3) is 0.0800. The zero-order chi connectivity index (χ0) is 22.6. The Morgan fingerprint density at radius 3 is 2.85 bits per heavy atom. The number of Topliss-reactive ketones (excluding diaryl/α,β-unsaturated/α-hetero) is 1. The molecule has 3 aromatic heterocycles. The normalized spacial score (nSPS) is 15.6. The van der Waals surface area contributed by atoms with Crippen LogP contribution in [0.2, 0.25) is 0 Å². The second-order valence-electron chi connectivity index (χ2n) is 7.54. The van der Waals surface area contributed by atoms with Gasteiger partial charge in [0.15, 0.2) is 5.78 Å². The molecule has 0 saturated heterocycles. The summed E-state index contributed by atoms with van der Waals surface area (Å²) < 4.78 is 1.69. The lowest BCUT2D eigenvalue weighted by atomic mass is 9.94. The number of carbonyl (C=O) groups is 2. The Hall–Kier alpha value is -4.59. The van der Waals surface area contributed by atoms with Gasteiger partial charge in [0, 0.05) is 35.1 Å². The Balaban J connectivity index is 1.33. The van der Waals surface area contributed by atoms with Crippen LogP contribution in [0.25, 0.3) is 10.9 Å². The van der Waals surface area contributed by atoms with E-state index in [-0.39, 0.29) is 17.7 Å². The van der Waals surface area contributed by atoms with Crippen molar-refractivity contribution in [1.29, 1.82) is 0 Å². The largest absolute Gasteiger partial charge is 0.341 e. The average Bonchev–Trinajstić information content (AvgIpc) is 3.52. The molecule has 0 fully saturated rings. The molecule has 1 aliphatic rings. The van der Waals surface area contributed by atoms with Crippen LogP contribution in [0.3, 0.4) is 0 Å². The monoisotopic (exact) mass is 436 g/mol. The number of amides is 1. The summed E-state index contributed by atoms with van der Waals surface area (Å²) in [6, 6.07) is 14.0. The van der Waals surface area contributed by atoms with E-state index in [0.717, 1.165) is 11.1 Å². The van der Waals surface area contributed by atoms with Crippen molar-refractivity contribution in [3.05, 3.63) is 108 Å². The summed E-state index contributed by atoms with van der Waals surface area (Å²) in [4.78, 5) is 29.6. The van der Waals surface area contributed by atoms with Crippen molar-refractivity contribution < 1.29 is 9.59 Å². The minimum Gasteiger partial charge on any atom is -0.341 e. The van der Waals surface area contributed by atoms with Crippen molar-refractivity contribution in [2.45, 2.75) is 12.5 Å². The molecule has 1 unspecified atom stereocenters. The summed E-state index contributed by atoms with van der Waals surface area (Å²) in [6.07, 6.45) is 13.0. The molecule has 1 aliphatic carbocycles. The molecule has 8 nitrogen and oxygen atoms in total. The van der Waals surface area contributed by atoms with Gasteiger partial charge in [0.1, 0.15) is 5.69 Å². The molecule has 0 radical (unpaired) electrons. The summed E-state index contributed by atoms with van der Waals surface area (Å²) in [5.41, 5.74) is 2.93. The van der Waals surface area contributed by atoms with E-state index in [1.165, 1.54) is 0 Å². The third kappa shape index (κ3) is 4.40. The molecule has 0 aliphatic heterocycles. The highest BCUT2D eigenvalue weighted by Gasteiger charge is 2.19. The van der Waals surface area contributed by atoms with E-state index in [1.54, 1.807) is 53.5 Å². The van der Waals surface area contributed by atoms with Crippen LogP contribution < -0.4 is 5.32 Å². The molecule has 1 atom stereocenters. The minimum atomic E-state index is -0.377. The predicted octanol–water partition coefficient (Wildman–Crippen LogP) is 3.51. The Morgan fingerprint density at radius 1 is 1.15 bits per heavy atom. The van der Waals surface area contributed by atoms with E-state index in [2.05, 4.69) is 25.6 Å². The first-order chi connectivity index (χ1) is 16.2. The number of allylic oxidation sites excluding steroid dienone is 2. The van der Waals surface area contributed by atoms with Gasteiger partial charge in [-0.15, -0.1) is 0 Å². The lowest BCUT2D eigenvalue weighted by Gasteiger charge is -2.17. The van der Waals surface area contributed by atoms with Crippen molar-refractivity contribution >= 4 is 28.8 Å². The number of aromatic amines is 1. The Labute approximate surface area is 189 Å². The topological polar surface area (TPSA) is 105 Å². The van der Waals surface area contributed by atoms with E-state index >= 15 is 0 Å². The number of pyridine rings is 1. The molecule has 8 heteroatoms. The van der Waals surface area contributed by atoms with Crippen LogP contribution in [0.5, 0.6) is 0 Å². The summed E-state index contributed by atoms with van der Waals surface area (Å²) in [5, 5.41) is 15.4. The van der Waals surface area contributed by atoms with Crippen LogP contribution in [0.15, 0.2) is 96.0 Å². The first-order valence-corrected chi connectivity index (χ1v) is 10.5. The van der Waals surface area contributed by atoms with Crippen molar-refractivity contribution in [1.82, 2.24) is 25.2 Å². The third-order valence-electron chi connectivity index (χ3n) is 5.30. The first kappa shape index (κ1) is 20.3. The molecule has 1 aromatic carbocycles. The standard InChI is InChI=1S/C25H20N6O2/c32-24(17-6-5-7-19(14-17)28-25(33)21-8-1-2-11-26-21)18-9-10-20-22(15-18)29-30-23(20)16-27-31-12-3-4-13-31/h1-5,7-16,19H,6H2,(H,28,33)(H,29,30). The van der Waals surface area contributed by atoms with Crippen molar-refractivity contribution in [2.75, 3.05) is 0 Å². The summed E-state index contributed by atoms with van der Waals surface area (Å²) in [7, 11) is 0. The van der Waals surface area contributed by atoms with Crippen molar-refractivity contribution in [3.8, 4) is 0 Å². The zero-order valence-electron chi connectivity index (χ0n) is 17.6. The number of nitrogens with one attached hydrogen (secondary N) is 2. The van der Waals surface area contributed by atoms with E-state index < -0.39 is 0 Å². The van der Waals surface area contributed by atoms with Gasteiger partial charge in [-0.2, -0.15) is 10.2 Å². The van der Waals surface area contributed by atoms with Gasteiger partial charge in [-0.25, -0.2) is 4.68 Å². The summed E-state index contributed by atoms with van der Waals surface area (Å²) in [6.45, 7) is 0. The van der Waals surface area contributed by atoms with Gasteiger partial charge in [-0.1, -0.05) is 30.4 Å². The lowest BCUT2D eigenvalue weighted by Crippen LogP contribution is -2.34. The number of benzene rings is 1. The summed E-state index contributed by atoms with van der Waals surface area (Å²) >= 11 is 0. The number of carbonyl (C=O) groups excluding carboxylic acids is 2. The molecule has 5 rings (SSSR count). The van der Waals surface area contributed by atoms with E-state index in [0.29, 0.717) is 28.8 Å². The zero-order valence-corrected chi connectivity index (χ0v) is 17.6. The van der Waals surface area contributed by atoms with Gasteiger partial charge in [0.25, 0.3) is 5.91 Å². The smallest absolute Gasteiger partial charge is 0.270 e. The Kier molecular flexibility index (Phi) is 5.47. The van der Waals surface area contributed by atoms with Gasteiger partial charge in [-0.05, 0) is 42.8 Å². The van der Waals surface area contributed by atoms with E-state index in [4.69, 9.17) is 0 Å². The highest BCUT2D eigenvalue weighted by Crippen LogP contribution is 2.22. The minimum absolute atomic E-state index is 0.0936. The fourth-order valence-electron chi connectivity index (χ4n) is 3.65. The molecule has 0 spiro atoms. The number of nitrogens with zero attached hydrogens (tertiary/aromatic N) is 4. The molecule has 3 heterocycles. The number of H-pyrrole nitrogens is 1. The highest BCUT2D eigenvalue weighted by atomic mass is 16.2. The molecular formula is C25H20N6O2. The molecule has 4 aromatic rings. The van der Waals surface area contributed by atoms with Gasteiger partial charge < -0.3 is 5.32 Å². The van der Waals surface area contributed by atoms with E-state index in [1.807, 2.05) is 42.7 Å². The van der Waals surface area contributed by atoms with Gasteiger partial charge in [-0.3, -0.25) is 19.7 Å². The molecular weight excluding hydrogens is 416 g/mol. The molecule has 162 valence electrons. The molecule has 0 bridgehead atoms.